The molecule has 2 aromatic rings. The highest BCUT2D eigenvalue weighted by molar-refractivity contribution is 6.07. The molecule has 1 N–H and O–H groups in total. The van der Waals surface area contributed by atoms with Crippen LogP contribution < -0.4 is 0 Å². The van der Waals surface area contributed by atoms with Gasteiger partial charge in [0.15, 0.2) is 5.78 Å². The van der Waals surface area contributed by atoms with Crippen LogP contribution in [0.1, 0.15) is 64.1 Å². The molecule has 0 spiro atoms. The van der Waals surface area contributed by atoms with Crippen LogP contribution in [0, 0.1) is 0 Å². The molecule has 0 saturated heterocycles. The van der Waals surface area contributed by atoms with Crippen molar-refractivity contribution in [2.75, 3.05) is 0 Å². The average Bonchev–Trinajstić information content (AvgIpc) is 2.59. The second-order valence-corrected chi connectivity index (χ2v) is 7.23. The fourth-order valence-electron chi connectivity index (χ4n) is 3.47. The maximum absolute atomic E-state index is 12.5. The van der Waals surface area contributed by atoms with Crippen LogP contribution in [-0.2, 0) is 11.8 Å². The topological polar surface area (TPSA) is 54.4 Å². The minimum Gasteiger partial charge on any atom is -0.478 e. The third-order valence-corrected chi connectivity index (χ3v) is 4.95. The van der Waals surface area contributed by atoms with E-state index in [4.69, 9.17) is 5.11 Å². The van der Waals surface area contributed by atoms with Crippen LogP contribution in [0.4, 0.5) is 0 Å². The lowest BCUT2D eigenvalue weighted by atomic mass is 9.72. The number of aryl methyl sites for hydroxylation is 1. The maximum Gasteiger partial charge on any atom is 0.335 e. The molecule has 0 radical (unpaired) electrons. The number of rotatable bonds is 4. The van der Waals surface area contributed by atoms with Crippen LogP contribution in [0.25, 0.3) is 6.08 Å². The number of carbonyl (C=O) groups excluding carboxylic acids is 1. The van der Waals surface area contributed by atoms with Gasteiger partial charge in [0, 0.05) is 5.56 Å². The molecule has 2 aromatic carbocycles. The molecule has 0 amide bonds. The third-order valence-electron chi connectivity index (χ3n) is 4.95. The summed E-state index contributed by atoms with van der Waals surface area (Å²) in [6, 6.07) is 12.5. The second-order valence-electron chi connectivity index (χ2n) is 7.23. The SMILES string of the molecule is CC1(C)CCCc2cc(C(=O)C=Cc3ccc(C(=O)O)cc3)ccc21. The number of hydrogen-bond acceptors (Lipinski definition) is 2. The molecule has 0 unspecified atom stereocenters. The van der Waals surface area contributed by atoms with Crippen molar-refractivity contribution in [3.05, 3.63) is 76.4 Å². The molecular formula is C22H22O3. The summed E-state index contributed by atoms with van der Waals surface area (Å²) >= 11 is 0. The summed E-state index contributed by atoms with van der Waals surface area (Å²) < 4.78 is 0. The van der Waals surface area contributed by atoms with E-state index >= 15 is 0 Å². The molecule has 0 saturated carbocycles. The number of carboxylic acids is 1. The number of fused-ring (bicyclic) bond motifs is 1. The Morgan fingerprint density at radius 2 is 1.72 bits per heavy atom. The van der Waals surface area contributed by atoms with Gasteiger partial charge in [-0.2, -0.15) is 0 Å². The van der Waals surface area contributed by atoms with Crippen molar-refractivity contribution < 1.29 is 14.7 Å². The predicted octanol–water partition coefficient (Wildman–Crippen LogP) is 4.89. The summed E-state index contributed by atoms with van der Waals surface area (Å²) in [6.45, 7) is 4.51. The first kappa shape index (κ1) is 17.2. The van der Waals surface area contributed by atoms with Gasteiger partial charge in [0.1, 0.15) is 0 Å². The van der Waals surface area contributed by atoms with Crippen molar-refractivity contribution in [1.29, 1.82) is 0 Å². The number of aromatic carboxylic acids is 1. The van der Waals surface area contributed by atoms with Crippen LogP contribution in [0.5, 0.6) is 0 Å². The van der Waals surface area contributed by atoms with E-state index in [1.165, 1.54) is 29.7 Å². The van der Waals surface area contributed by atoms with Crippen molar-refractivity contribution in [1.82, 2.24) is 0 Å². The normalized spacial score (nSPS) is 15.8. The Morgan fingerprint density at radius 3 is 2.40 bits per heavy atom. The van der Waals surface area contributed by atoms with E-state index in [-0.39, 0.29) is 16.8 Å². The van der Waals surface area contributed by atoms with Crippen molar-refractivity contribution in [3.8, 4) is 0 Å². The largest absolute Gasteiger partial charge is 0.478 e. The van der Waals surface area contributed by atoms with E-state index in [2.05, 4.69) is 19.9 Å². The molecule has 0 atom stereocenters. The van der Waals surface area contributed by atoms with Gasteiger partial charge in [-0.05, 0) is 65.6 Å². The van der Waals surface area contributed by atoms with Gasteiger partial charge in [-0.15, -0.1) is 0 Å². The second kappa shape index (κ2) is 6.67. The summed E-state index contributed by atoms with van der Waals surface area (Å²) in [7, 11) is 0. The highest BCUT2D eigenvalue weighted by Crippen LogP contribution is 2.37. The quantitative estimate of drug-likeness (QED) is 0.639. The van der Waals surface area contributed by atoms with Crippen molar-refractivity contribution in [2.24, 2.45) is 0 Å². The minimum atomic E-state index is -0.955. The van der Waals surface area contributed by atoms with Crippen LogP contribution >= 0.6 is 0 Å². The number of ketones is 1. The molecule has 0 bridgehead atoms. The Hall–Kier alpha value is -2.68. The summed E-state index contributed by atoms with van der Waals surface area (Å²) in [4.78, 5) is 23.3. The number of hydrogen-bond donors (Lipinski definition) is 1. The van der Waals surface area contributed by atoms with Gasteiger partial charge in [0.2, 0.25) is 0 Å². The van der Waals surface area contributed by atoms with Crippen molar-refractivity contribution in [3.63, 3.8) is 0 Å². The summed E-state index contributed by atoms with van der Waals surface area (Å²) in [5, 5.41) is 8.90. The zero-order valence-electron chi connectivity index (χ0n) is 14.6. The first-order valence-corrected chi connectivity index (χ1v) is 8.56. The molecule has 25 heavy (non-hydrogen) atoms. The van der Waals surface area contributed by atoms with Crippen molar-refractivity contribution >= 4 is 17.8 Å². The van der Waals surface area contributed by atoms with Gasteiger partial charge < -0.3 is 5.11 Å². The van der Waals surface area contributed by atoms with E-state index < -0.39 is 5.97 Å². The molecule has 0 fully saturated rings. The van der Waals surface area contributed by atoms with Gasteiger partial charge in [0.05, 0.1) is 5.56 Å². The molecule has 1 aliphatic carbocycles. The van der Waals surface area contributed by atoms with Gasteiger partial charge in [-0.3, -0.25) is 4.79 Å². The smallest absolute Gasteiger partial charge is 0.335 e. The Bertz CT molecular complexity index is 842. The average molecular weight is 334 g/mol. The fraction of sp³-hybridized carbons (Fsp3) is 0.273. The number of carbonyl (C=O) groups is 2. The third kappa shape index (κ3) is 3.71. The van der Waals surface area contributed by atoms with Crippen LogP contribution in [0.15, 0.2) is 48.5 Å². The molecule has 3 heteroatoms. The number of benzene rings is 2. The van der Waals surface area contributed by atoms with E-state index in [0.29, 0.717) is 5.56 Å². The maximum atomic E-state index is 12.5. The zero-order chi connectivity index (χ0) is 18.0. The first-order chi connectivity index (χ1) is 11.9. The van der Waals surface area contributed by atoms with Crippen LogP contribution in [0.3, 0.4) is 0 Å². The van der Waals surface area contributed by atoms with Crippen molar-refractivity contribution in [2.45, 2.75) is 38.5 Å². The highest BCUT2D eigenvalue weighted by atomic mass is 16.4. The Morgan fingerprint density at radius 1 is 1.04 bits per heavy atom. The van der Waals surface area contributed by atoms with E-state index in [0.717, 1.165) is 18.4 Å². The Kier molecular flexibility index (Phi) is 4.58. The van der Waals surface area contributed by atoms with Gasteiger partial charge in [0.25, 0.3) is 0 Å². The summed E-state index contributed by atoms with van der Waals surface area (Å²) in [6.07, 6.45) is 6.63. The fourth-order valence-corrected chi connectivity index (χ4v) is 3.47. The predicted molar refractivity (Wildman–Crippen MR) is 99.2 cm³/mol. The minimum absolute atomic E-state index is 0.0338. The molecule has 0 heterocycles. The molecule has 128 valence electrons. The summed E-state index contributed by atoms with van der Waals surface area (Å²) in [5.41, 5.74) is 4.55. The lowest BCUT2D eigenvalue weighted by Crippen LogP contribution is -2.24. The van der Waals surface area contributed by atoms with Gasteiger partial charge >= 0.3 is 5.97 Å². The molecule has 3 nitrogen and oxygen atoms in total. The monoisotopic (exact) mass is 334 g/mol. The van der Waals surface area contributed by atoms with Gasteiger partial charge in [-0.1, -0.05) is 44.2 Å². The highest BCUT2D eigenvalue weighted by Gasteiger charge is 2.27. The molecular weight excluding hydrogens is 312 g/mol. The van der Waals surface area contributed by atoms with Gasteiger partial charge in [-0.25, -0.2) is 4.79 Å². The summed E-state index contributed by atoms with van der Waals surface area (Å²) in [5.74, 6) is -0.989. The molecule has 3 rings (SSSR count). The first-order valence-electron chi connectivity index (χ1n) is 8.56. The standard InChI is InChI=1S/C22H22O3/c1-22(2)13-3-4-17-14-18(10-11-19(17)22)20(23)12-7-15-5-8-16(9-6-15)21(24)25/h5-12,14H,3-4,13H2,1-2H3,(H,24,25). The lowest BCUT2D eigenvalue weighted by Gasteiger charge is -2.32. The molecule has 0 aliphatic heterocycles. The molecule has 1 aliphatic rings. The van der Waals surface area contributed by atoms with Crippen LogP contribution in [0.2, 0.25) is 0 Å². The molecule has 0 aromatic heterocycles. The Balaban J connectivity index is 1.78. The van der Waals surface area contributed by atoms with E-state index in [1.54, 1.807) is 24.3 Å². The van der Waals surface area contributed by atoms with Crippen LogP contribution in [-0.4, -0.2) is 16.9 Å². The van der Waals surface area contributed by atoms with E-state index in [9.17, 15) is 9.59 Å². The Labute approximate surface area is 148 Å². The number of carboxylic acid groups (broad SMARTS) is 1. The lowest BCUT2D eigenvalue weighted by molar-refractivity contribution is 0.0696. The number of allylic oxidation sites excluding steroid dienone is 1. The van der Waals surface area contributed by atoms with E-state index in [1.807, 2.05) is 12.1 Å². The zero-order valence-corrected chi connectivity index (χ0v) is 14.6.